The average Bonchev–Trinajstić information content (AvgIpc) is 3.22. The van der Waals surface area contributed by atoms with E-state index in [4.69, 9.17) is 16.5 Å². The van der Waals surface area contributed by atoms with Crippen molar-refractivity contribution in [1.82, 2.24) is 14.9 Å². The van der Waals surface area contributed by atoms with Gasteiger partial charge in [0.05, 0.1) is 18.8 Å². The fourth-order valence-corrected chi connectivity index (χ4v) is 5.41. The van der Waals surface area contributed by atoms with Crippen LogP contribution in [0.4, 0.5) is 5.95 Å². The molecule has 0 fully saturated rings. The number of ketones is 1. The summed E-state index contributed by atoms with van der Waals surface area (Å²) in [6, 6.07) is 4.32. The first-order chi connectivity index (χ1) is 21.6. The standard InChI is InChI=1S/C17H20N4.C17H22N2O.C2H7N3.3CH4.2B/c1-9-6-14-12(4)19-7-13-8-20-17(18-5)21-16(13)15(14)11(3)10(9)2;1-10-7-15-13(4)18-8-14(9-19(5)6)17(20)16(15)12(3)11(10)2;1-5-2(3)4;;;;;/h6,8H,7H2,1-5H3,(H,18,20,21);7,9H,8H2,1-6H3;1H3,(H4,3,4,5);3*1H4;;/b;14-9+;;;;;;. The minimum Gasteiger partial charge on any atom is -0.383 e. The molecule has 2 aliphatic rings. The number of hydrogen-bond acceptors (Lipinski definition) is 8. The molecular weight excluding hydrogens is 632 g/mol. The molecule has 3 heterocycles. The smallest absolute Gasteiger partial charge is 0.222 e. The highest BCUT2D eigenvalue weighted by atomic mass is 16.1. The molecule has 6 radical (unpaired) electrons. The molecule has 0 bridgehead atoms. The van der Waals surface area contributed by atoms with Crippen LogP contribution in [0.2, 0.25) is 0 Å². The minimum absolute atomic E-state index is 0. The van der Waals surface area contributed by atoms with Gasteiger partial charge in [-0.1, -0.05) is 22.3 Å². The van der Waals surface area contributed by atoms with E-state index < -0.39 is 0 Å². The number of carbonyl (C=O) groups excluding carboxylic acids is 1. The molecule has 0 aliphatic carbocycles. The molecule has 0 saturated carbocycles. The molecule has 10 nitrogen and oxygen atoms in total. The molecule has 12 heteroatoms. The van der Waals surface area contributed by atoms with Crippen molar-refractivity contribution in [3.8, 4) is 11.3 Å². The predicted molar refractivity (Wildman–Crippen MR) is 224 cm³/mol. The number of nitrogens with one attached hydrogen (secondary N) is 1. The first-order valence-electron chi connectivity index (χ1n) is 15.3. The topological polar surface area (TPSA) is 147 Å². The van der Waals surface area contributed by atoms with Gasteiger partial charge < -0.3 is 21.7 Å². The van der Waals surface area contributed by atoms with Crippen LogP contribution in [0.3, 0.4) is 0 Å². The number of nitrogens with zero attached hydrogens (tertiary/aromatic N) is 6. The van der Waals surface area contributed by atoms with Crippen LogP contribution in [-0.4, -0.2) is 89.6 Å². The lowest BCUT2D eigenvalue weighted by molar-refractivity contribution is 0.103. The summed E-state index contributed by atoms with van der Waals surface area (Å²) >= 11 is 0. The molecule has 5 rings (SSSR count). The number of guanidine groups is 1. The highest BCUT2D eigenvalue weighted by Crippen LogP contribution is 2.35. The third kappa shape index (κ3) is 11.4. The van der Waals surface area contributed by atoms with Gasteiger partial charge in [-0.3, -0.25) is 19.8 Å². The number of carbonyl (C=O) groups is 1. The van der Waals surface area contributed by atoms with E-state index in [9.17, 15) is 4.79 Å². The maximum Gasteiger partial charge on any atom is 0.222 e. The molecule has 2 aromatic carbocycles. The predicted octanol–water partition coefficient (Wildman–Crippen LogP) is 6.53. The summed E-state index contributed by atoms with van der Waals surface area (Å²) in [6.45, 7) is 17.8. The van der Waals surface area contributed by atoms with Crippen LogP contribution in [0.5, 0.6) is 0 Å². The highest BCUT2D eigenvalue weighted by Gasteiger charge is 2.25. The van der Waals surface area contributed by atoms with Crippen molar-refractivity contribution in [1.29, 1.82) is 0 Å². The molecule has 3 aromatic rings. The Bertz CT molecular complexity index is 1790. The number of aliphatic imine (C=N–C) groups is 3. The van der Waals surface area contributed by atoms with E-state index in [-0.39, 0.29) is 50.8 Å². The van der Waals surface area contributed by atoms with Crippen LogP contribution in [0.15, 0.2) is 45.1 Å². The Morgan fingerprint density at radius 3 is 1.71 bits per heavy atom. The zero-order chi connectivity index (χ0) is 34.5. The molecule has 0 saturated heterocycles. The summed E-state index contributed by atoms with van der Waals surface area (Å²) in [5.74, 6) is 0.886. The van der Waals surface area contributed by atoms with Gasteiger partial charge in [0.15, 0.2) is 11.7 Å². The van der Waals surface area contributed by atoms with Crippen molar-refractivity contribution < 1.29 is 4.79 Å². The lowest BCUT2D eigenvalue weighted by Gasteiger charge is -2.17. The van der Waals surface area contributed by atoms with Crippen LogP contribution in [0.25, 0.3) is 11.3 Å². The number of aryl methyl sites for hydroxylation is 2. The number of hydrogen-bond donors (Lipinski definition) is 3. The van der Waals surface area contributed by atoms with Crippen LogP contribution >= 0.6 is 0 Å². The second-order valence-corrected chi connectivity index (χ2v) is 11.9. The zero-order valence-electron chi connectivity index (χ0n) is 30.6. The number of fused-ring (bicyclic) bond motifs is 4. The van der Waals surface area contributed by atoms with Gasteiger partial charge in [-0.15, -0.1) is 0 Å². The van der Waals surface area contributed by atoms with E-state index in [1.165, 1.54) is 46.0 Å². The van der Waals surface area contributed by atoms with Crippen molar-refractivity contribution in [2.24, 2.45) is 26.4 Å². The zero-order valence-corrected chi connectivity index (χ0v) is 30.6. The highest BCUT2D eigenvalue weighted by molar-refractivity contribution is 6.19. The second kappa shape index (κ2) is 21.5. The van der Waals surface area contributed by atoms with E-state index in [1.54, 1.807) is 0 Å². The first kappa shape index (κ1) is 50.6. The van der Waals surface area contributed by atoms with Crippen molar-refractivity contribution in [3.63, 3.8) is 0 Å². The minimum atomic E-state index is 0. The van der Waals surface area contributed by atoms with Crippen molar-refractivity contribution in [3.05, 3.63) is 85.7 Å². The summed E-state index contributed by atoms with van der Waals surface area (Å²) in [5.41, 5.74) is 26.1. The van der Waals surface area contributed by atoms with Crippen molar-refractivity contribution in [2.45, 2.75) is 84.2 Å². The molecule has 274 valence electrons. The van der Waals surface area contributed by atoms with Gasteiger partial charge in [-0.05, 0) is 101 Å². The fourth-order valence-electron chi connectivity index (χ4n) is 5.41. The number of rotatable bonds is 2. The summed E-state index contributed by atoms with van der Waals surface area (Å²) in [5, 5.41) is 3.03. The Balaban J connectivity index is -0.000000735. The summed E-state index contributed by atoms with van der Waals surface area (Å²) < 4.78 is 0. The number of anilines is 1. The Labute approximate surface area is 312 Å². The summed E-state index contributed by atoms with van der Waals surface area (Å²) in [4.78, 5) is 36.4. The average molecular weight is 694 g/mol. The van der Waals surface area contributed by atoms with Gasteiger partial charge in [0.25, 0.3) is 0 Å². The third-order valence-electron chi connectivity index (χ3n) is 8.59. The number of aromatic nitrogens is 2. The lowest BCUT2D eigenvalue weighted by Crippen LogP contribution is -2.21. The van der Waals surface area contributed by atoms with E-state index in [0.717, 1.165) is 44.9 Å². The van der Waals surface area contributed by atoms with Gasteiger partial charge in [0.1, 0.15) is 0 Å². The molecule has 0 atom stereocenters. The number of nitrogens with two attached hydrogens (primary N) is 2. The van der Waals surface area contributed by atoms with Crippen molar-refractivity contribution in [2.75, 3.05) is 40.1 Å². The molecule has 51 heavy (non-hydrogen) atoms. The molecule has 1 aromatic heterocycles. The van der Waals surface area contributed by atoms with Crippen molar-refractivity contribution >= 4 is 45.9 Å². The Morgan fingerprint density at radius 1 is 0.804 bits per heavy atom. The molecule has 0 amide bonds. The van der Waals surface area contributed by atoms with Crippen LogP contribution in [0, 0.1) is 41.5 Å². The van der Waals surface area contributed by atoms with Gasteiger partial charge in [0.2, 0.25) is 5.95 Å². The van der Waals surface area contributed by atoms with Gasteiger partial charge in [-0.25, -0.2) is 9.97 Å². The monoisotopic (exact) mass is 694 g/mol. The van der Waals surface area contributed by atoms with E-state index in [0.29, 0.717) is 19.0 Å². The van der Waals surface area contributed by atoms with Crippen LogP contribution < -0.4 is 16.8 Å². The fraction of sp³-hybridized carbons (Fsp3) is 0.436. The molecule has 0 spiro atoms. The quantitative estimate of drug-likeness (QED) is 0.120. The SMILES string of the molecule is C.C.C.CC1=NC/C(=C\N(C)C)C(=O)c2c1cc(C)c(C)c2C.CN=C(N)N.CNc1ncc2c(n1)-c1c(cc(C)c(C)c1C)C(C)=NC2.[B].[B]. The molecule has 5 N–H and O–H groups in total. The molecule has 0 unspecified atom stereocenters. The third-order valence-corrected chi connectivity index (χ3v) is 8.59. The Hall–Kier alpha value is -4.73. The summed E-state index contributed by atoms with van der Waals surface area (Å²) in [7, 11) is 7.23. The van der Waals surface area contributed by atoms with E-state index in [1.807, 2.05) is 52.3 Å². The van der Waals surface area contributed by atoms with Gasteiger partial charge in [0, 0.05) is 102 Å². The summed E-state index contributed by atoms with van der Waals surface area (Å²) in [6.07, 6.45) is 3.76. The lowest BCUT2D eigenvalue weighted by atomic mass is 9.88. The number of benzene rings is 2. The Morgan fingerprint density at radius 2 is 1.25 bits per heavy atom. The first-order valence-corrected chi connectivity index (χ1v) is 15.3. The molecular formula is C39H61B2N9O. The van der Waals surface area contributed by atoms with Crippen LogP contribution in [-0.2, 0) is 6.54 Å². The maximum atomic E-state index is 12.8. The van der Waals surface area contributed by atoms with Gasteiger partial charge >= 0.3 is 0 Å². The largest absolute Gasteiger partial charge is 0.383 e. The van der Waals surface area contributed by atoms with Gasteiger partial charge in [-0.2, -0.15) is 0 Å². The number of Topliss-reactive ketones (excluding diaryl/α,β-unsaturated/α-hetero) is 1. The van der Waals surface area contributed by atoms with E-state index >= 15 is 0 Å². The second-order valence-electron chi connectivity index (χ2n) is 11.9. The van der Waals surface area contributed by atoms with Crippen LogP contribution in [0.1, 0.15) is 96.6 Å². The maximum absolute atomic E-state index is 12.8. The normalized spacial score (nSPS) is 12.6. The molecule has 2 aliphatic heterocycles. The Kier molecular flexibility index (Phi) is 21.3. The van der Waals surface area contributed by atoms with E-state index in [2.05, 4.69) is 79.0 Å².